The van der Waals surface area contributed by atoms with Crippen LogP contribution in [0.3, 0.4) is 0 Å². The first-order valence-electron chi connectivity index (χ1n) is 7.33. The van der Waals surface area contributed by atoms with Gasteiger partial charge in [-0.1, -0.05) is 6.92 Å². The average molecular weight is 253 g/mol. The predicted octanol–water partition coefficient (Wildman–Crippen LogP) is 0.962. The van der Waals surface area contributed by atoms with Gasteiger partial charge in [0.05, 0.1) is 0 Å². The molecule has 2 fully saturated rings. The zero-order chi connectivity index (χ0) is 13.2. The van der Waals surface area contributed by atoms with Crippen molar-refractivity contribution in [1.29, 1.82) is 0 Å². The van der Waals surface area contributed by atoms with E-state index in [-0.39, 0.29) is 5.91 Å². The summed E-state index contributed by atoms with van der Waals surface area (Å²) in [4.78, 5) is 14.3. The van der Waals surface area contributed by atoms with Crippen LogP contribution in [0.15, 0.2) is 0 Å². The molecule has 0 heterocycles. The summed E-state index contributed by atoms with van der Waals surface area (Å²) in [7, 11) is 1.88. The van der Waals surface area contributed by atoms with E-state index in [1.807, 2.05) is 7.05 Å². The lowest BCUT2D eigenvalue weighted by Gasteiger charge is -2.36. The van der Waals surface area contributed by atoms with E-state index in [9.17, 15) is 4.79 Å². The average Bonchev–Trinajstić information content (AvgIpc) is 3.17. The van der Waals surface area contributed by atoms with Crippen molar-refractivity contribution in [2.45, 2.75) is 44.6 Å². The molecule has 2 saturated carbocycles. The van der Waals surface area contributed by atoms with Crippen LogP contribution in [-0.4, -0.2) is 43.0 Å². The van der Waals surface area contributed by atoms with Gasteiger partial charge in [-0.2, -0.15) is 0 Å². The van der Waals surface area contributed by atoms with Gasteiger partial charge in [0.15, 0.2) is 0 Å². The van der Waals surface area contributed by atoms with Gasteiger partial charge in [0, 0.05) is 13.1 Å². The summed E-state index contributed by atoms with van der Waals surface area (Å²) in [5.41, 5.74) is 5.19. The number of nitrogens with one attached hydrogen (secondary N) is 1. The third-order valence-corrected chi connectivity index (χ3v) is 4.39. The molecule has 2 aliphatic carbocycles. The van der Waals surface area contributed by atoms with Gasteiger partial charge in [0.1, 0.15) is 5.54 Å². The highest BCUT2D eigenvalue weighted by atomic mass is 16.1. The minimum Gasteiger partial charge on any atom is -0.368 e. The molecule has 1 amide bonds. The van der Waals surface area contributed by atoms with Crippen molar-refractivity contribution in [3.8, 4) is 0 Å². The molecule has 1 atom stereocenters. The van der Waals surface area contributed by atoms with E-state index < -0.39 is 5.54 Å². The summed E-state index contributed by atoms with van der Waals surface area (Å²) >= 11 is 0. The summed E-state index contributed by atoms with van der Waals surface area (Å²) < 4.78 is 0. The number of amides is 1. The number of nitrogens with two attached hydrogens (primary N) is 1. The number of hydrogen-bond acceptors (Lipinski definition) is 3. The second-order valence-corrected chi connectivity index (χ2v) is 6.04. The highest BCUT2D eigenvalue weighted by molar-refractivity contribution is 5.86. The summed E-state index contributed by atoms with van der Waals surface area (Å²) in [5.74, 6) is 1.13. The molecule has 3 N–H and O–H groups in total. The number of nitrogens with zero attached hydrogens (tertiary/aromatic N) is 1. The monoisotopic (exact) mass is 253 g/mol. The number of hydrogen-bond donors (Lipinski definition) is 2. The maximum absolute atomic E-state index is 11.9. The van der Waals surface area contributed by atoms with Gasteiger partial charge in [-0.05, 0) is 57.5 Å². The maximum atomic E-state index is 11.9. The van der Waals surface area contributed by atoms with Crippen LogP contribution in [-0.2, 0) is 4.79 Å². The Kier molecular flexibility index (Phi) is 4.28. The van der Waals surface area contributed by atoms with Crippen LogP contribution < -0.4 is 11.1 Å². The molecule has 0 radical (unpaired) electrons. The van der Waals surface area contributed by atoms with Crippen molar-refractivity contribution < 1.29 is 4.79 Å². The molecule has 0 spiro atoms. The molecule has 0 aromatic heterocycles. The van der Waals surface area contributed by atoms with Gasteiger partial charge in [-0.15, -0.1) is 0 Å². The van der Waals surface area contributed by atoms with E-state index >= 15 is 0 Å². The molecule has 2 aliphatic rings. The van der Waals surface area contributed by atoms with Crippen LogP contribution in [0.25, 0.3) is 0 Å². The molecule has 0 saturated heterocycles. The Morgan fingerprint density at radius 2 is 2.06 bits per heavy atom. The van der Waals surface area contributed by atoms with Gasteiger partial charge in [-0.25, -0.2) is 0 Å². The van der Waals surface area contributed by atoms with E-state index in [1.54, 1.807) is 0 Å². The molecule has 4 nitrogen and oxygen atoms in total. The first-order chi connectivity index (χ1) is 8.62. The standard InChI is InChI=1S/C14H27N3O/c1-3-8-17(9-11-4-5-11)10-14(16-2,13(15)18)12-6-7-12/h11-12,16H,3-10H2,1-2H3,(H2,15,18). The molecular formula is C14H27N3O. The minimum absolute atomic E-state index is 0.176. The van der Waals surface area contributed by atoms with Crippen molar-refractivity contribution in [1.82, 2.24) is 10.2 Å². The Labute approximate surface area is 110 Å². The Hall–Kier alpha value is -0.610. The van der Waals surface area contributed by atoms with Gasteiger partial charge in [0.25, 0.3) is 0 Å². The Balaban J connectivity index is 2.01. The fourth-order valence-electron chi connectivity index (χ4n) is 2.96. The third kappa shape index (κ3) is 3.04. The summed E-state index contributed by atoms with van der Waals surface area (Å²) in [6, 6.07) is 0. The highest BCUT2D eigenvalue weighted by Gasteiger charge is 2.49. The lowest BCUT2D eigenvalue weighted by atomic mass is 9.91. The second kappa shape index (κ2) is 5.57. The number of carbonyl (C=O) groups excluding carboxylic acids is 1. The SMILES string of the molecule is CCCN(CC1CC1)CC(NC)(C(N)=O)C1CC1. The smallest absolute Gasteiger partial charge is 0.239 e. The van der Waals surface area contributed by atoms with Crippen LogP contribution in [0, 0.1) is 11.8 Å². The van der Waals surface area contributed by atoms with Crippen molar-refractivity contribution in [3.63, 3.8) is 0 Å². The summed E-state index contributed by atoms with van der Waals surface area (Å²) in [6.45, 7) is 5.19. The van der Waals surface area contributed by atoms with Gasteiger partial charge < -0.3 is 16.0 Å². The predicted molar refractivity (Wildman–Crippen MR) is 73.2 cm³/mol. The van der Waals surface area contributed by atoms with Crippen molar-refractivity contribution in [2.75, 3.05) is 26.7 Å². The first-order valence-corrected chi connectivity index (χ1v) is 7.33. The van der Waals surface area contributed by atoms with E-state index in [4.69, 9.17) is 5.73 Å². The van der Waals surface area contributed by atoms with Crippen molar-refractivity contribution in [2.24, 2.45) is 17.6 Å². The van der Waals surface area contributed by atoms with Crippen LogP contribution in [0.2, 0.25) is 0 Å². The molecule has 0 aromatic carbocycles. The Morgan fingerprint density at radius 3 is 2.44 bits per heavy atom. The fourth-order valence-corrected chi connectivity index (χ4v) is 2.96. The lowest BCUT2D eigenvalue weighted by molar-refractivity contribution is -0.126. The van der Waals surface area contributed by atoms with E-state index in [2.05, 4.69) is 17.1 Å². The molecule has 104 valence electrons. The lowest BCUT2D eigenvalue weighted by Crippen LogP contribution is -2.62. The van der Waals surface area contributed by atoms with Crippen LogP contribution >= 0.6 is 0 Å². The Bertz CT molecular complexity index is 299. The molecule has 18 heavy (non-hydrogen) atoms. The number of likely N-dealkylation sites (N-methyl/N-ethyl adjacent to an activating group) is 1. The molecule has 1 unspecified atom stereocenters. The summed E-state index contributed by atoms with van der Waals surface area (Å²) in [5, 5.41) is 3.24. The zero-order valence-corrected chi connectivity index (χ0v) is 11.7. The topological polar surface area (TPSA) is 58.4 Å². The molecular weight excluding hydrogens is 226 g/mol. The molecule has 0 bridgehead atoms. The largest absolute Gasteiger partial charge is 0.368 e. The second-order valence-electron chi connectivity index (χ2n) is 6.04. The molecule has 2 rings (SSSR count). The minimum atomic E-state index is -0.496. The summed E-state index contributed by atoms with van der Waals surface area (Å²) in [6.07, 6.45) is 6.11. The van der Waals surface area contributed by atoms with Crippen LogP contribution in [0.5, 0.6) is 0 Å². The van der Waals surface area contributed by atoms with Crippen LogP contribution in [0.1, 0.15) is 39.0 Å². The zero-order valence-electron chi connectivity index (χ0n) is 11.7. The number of rotatable bonds is 9. The maximum Gasteiger partial charge on any atom is 0.239 e. The number of carbonyl (C=O) groups is 1. The molecule has 0 aliphatic heterocycles. The normalized spacial score (nSPS) is 23.1. The van der Waals surface area contributed by atoms with Gasteiger partial charge in [0.2, 0.25) is 5.91 Å². The van der Waals surface area contributed by atoms with E-state index in [1.165, 1.54) is 12.8 Å². The van der Waals surface area contributed by atoms with Crippen LogP contribution in [0.4, 0.5) is 0 Å². The molecule has 0 aromatic rings. The quantitative estimate of drug-likeness (QED) is 0.643. The Morgan fingerprint density at radius 1 is 1.39 bits per heavy atom. The van der Waals surface area contributed by atoms with Gasteiger partial charge in [-0.3, -0.25) is 4.79 Å². The van der Waals surface area contributed by atoms with E-state index in [0.29, 0.717) is 5.92 Å². The van der Waals surface area contributed by atoms with Crippen molar-refractivity contribution >= 4 is 5.91 Å². The van der Waals surface area contributed by atoms with Crippen molar-refractivity contribution in [3.05, 3.63) is 0 Å². The third-order valence-electron chi connectivity index (χ3n) is 4.39. The molecule has 4 heteroatoms. The van der Waals surface area contributed by atoms with E-state index in [0.717, 1.165) is 44.8 Å². The first kappa shape index (κ1) is 13.8. The fraction of sp³-hybridized carbons (Fsp3) is 0.929. The highest BCUT2D eigenvalue weighted by Crippen LogP contribution is 2.40. The number of primary amides is 1. The van der Waals surface area contributed by atoms with Gasteiger partial charge >= 0.3 is 0 Å².